The number of hydrogen-bond acceptors (Lipinski definition) is 2. The van der Waals surface area contributed by atoms with Crippen molar-refractivity contribution in [2.45, 2.75) is 45.1 Å². The van der Waals surface area contributed by atoms with Gasteiger partial charge in [-0.3, -0.25) is 4.79 Å². The van der Waals surface area contributed by atoms with Crippen LogP contribution in [0, 0.1) is 0 Å². The van der Waals surface area contributed by atoms with Crippen molar-refractivity contribution in [1.29, 1.82) is 0 Å². The largest absolute Gasteiger partial charge is 0.349 e. The molecule has 0 aliphatic heterocycles. The Morgan fingerprint density at radius 1 is 1.50 bits per heavy atom. The average molecular weight is 196 g/mol. The van der Waals surface area contributed by atoms with Crippen molar-refractivity contribution >= 4 is 5.91 Å². The zero-order chi connectivity index (χ0) is 10.4. The van der Waals surface area contributed by atoms with E-state index in [1.807, 2.05) is 6.92 Å². The van der Waals surface area contributed by atoms with Crippen LogP contribution < -0.4 is 11.1 Å². The summed E-state index contributed by atoms with van der Waals surface area (Å²) in [7, 11) is 0. The van der Waals surface area contributed by atoms with Gasteiger partial charge >= 0.3 is 0 Å². The van der Waals surface area contributed by atoms with Crippen molar-refractivity contribution in [3.8, 4) is 0 Å². The smallest absolute Gasteiger partial charge is 0.244 e. The number of carbonyl (C=O) groups excluding carboxylic acids is 1. The van der Waals surface area contributed by atoms with E-state index in [0.29, 0.717) is 6.54 Å². The molecule has 0 bridgehead atoms. The molecule has 0 aromatic carbocycles. The van der Waals surface area contributed by atoms with Gasteiger partial charge in [0.25, 0.3) is 0 Å². The number of nitrogens with two attached hydrogens (primary N) is 1. The van der Waals surface area contributed by atoms with Crippen molar-refractivity contribution in [2.24, 2.45) is 5.73 Å². The number of carbonyl (C=O) groups is 1. The molecule has 0 aromatic rings. The van der Waals surface area contributed by atoms with Crippen LogP contribution in [0.15, 0.2) is 11.6 Å². The first-order valence-electron chi connectivity index (χ1n) is 5.42. The number of allylic oxidation sites excluding steroid dienone is 1. The minimum atomic E-state index is 0.0138. The van der Waals surface area contributed by atoms with Gasteiger partial charge in [0.15, 0.2) is 0 Å². The first-order chi connectivity index (χ1) is 6.72. The zero-order valence-corrected chi connectivity index (χ0v) is 8.88. The summed E-state index contributed by atoms with van der Waals surface area (Å²) in [5, 5.41) is 2.84. The summed E-state index contributed by atoms with van der Waals surface area (Å²) in [5.74, 6) is 0.0138. The molecule has 3 N–H and O–H groups in total. The minimum absolute atomic E-state index is 0.0138. The average Bonchev–Trinajstić information content (AvgIpc) is 2.19. The second kappa shape index (κ2) is 5.81. The highest BCUT2D eigenvalue weighted by Gasteiger charge is 2.08. The SMILES string of the molecule is C[C@@H](CN)NC(=O)C=C1CCCCC1. The van der Waals surface area contributed by atoms with Gasteiger partial charge in [-0.05, 0) is 32.6 Å². The molecule has 3 heteroatoms. The minimum Gasteiger partial charge on any atom is -0.349 e. The molecule has 0 heterocycles. The van der Waals surface area contributed by atoms with Gasteiger partial charge < -0.3 is 11.1 Å². The van der Waals surface area contributed by atoms with E-state index in [1.165, 1.54) is 24.8 Å². The number of amides is 1. The Hall–Kier alpha value is -0.830. The maximum Gasteiger partial charge on any atom is 0.244 e. The molecule has 0 saturated heterocycles. The van der Waals surface area contributed by atoms with Crippen LogP contribution in [0.25, 0.3) is 0 Å². The summed E-state index contributed by atoms with van der Waals surface area (Å²) in [6, 6.07) is 0.0722. The van der Waals surface area contributed by atoms with Crippen molar-refractivity contribution < 1.29 is 4.79 Å². The van der Waals surface area contributed by atoms with Crippen LogP contribution in [0.1, 0.15) is 39.0 Å². The first kappa shape index (κ1) is 11.2. The molecule has 1 aliphatic carbocycles. The lowest BCUT2D eigenvalue weighted by Gasteiger charge is -2.14. The van der Waals surface area contributed by atoms with E-state index >= 15 is 0 Å². The summed E-state index contributed by atoms with van der Waals surface area (Å²) in [4.78, 5) is 11.4. The fraction of sp³-hybridized carbons (Fsp3) is 0.727. The van der Waals surface area contributed by atoms with E-state index in [0.717, 1.165) is 12.8 Å². The first-order valence-corrected chi connectivity index (χ1v) is 5.42. The quantitative estimate of drug-likeness (QED) is 0.669. The molecule has 1 fully saturated rings. The fourth-order valence-corrected chi connectivity index (χ4v) is 1.68. The zero-order valence-electron chi connectivity index (χ0n) is 8.88. The Labute approximate surface area is 85.7 Å². The molecule has 0 spiro atoms. The van der Waals surface area contributed by atoms with Crippen molar-refractivity contribution in [3.63, 3.8) is 0 Å². The molecule has 0 aromatic heterocycles. The highest BCUT2D eigenvalue weighted by Crippen LogP contribution is 2.22. The highest BCUT2D eigenvalue weighted by molar-refractivity contribution is 5.88. The van der Waals surface area contributed by atoms with E-state index in [4.69, 9.17) is 5.73 Å². The molecule has 1 atom stereocenters. The van der Waals surface area contributed by atoms with Gasteiger partial charge in [-0.1, -0.05) is 12.0 Å². The van der Waals surface area contributed by atoms with Gasteiger partial charge in [0.05, 0.1) is 0 Å². The van der Waals surface area contributed by atoms with E-state index in [-0.39, 0.29) is 11.9 Å². The molecule has 0 unspecified atom stereocenters. The molecule has 14 heavy (non-hydrogen) atoms. The van der Waals surface area contributed by atoms with Gasteiger partial charge in [0, 0.05) is 18.7 Å². The van der Waals surface area contributed by atoms with Crippen LogP contribution >= 0.6 is 0 Å². The third-order valence-electron chi connectivity index (χ3n) is 2.57. The topological polar surface area (TPSA) is 55.1 Å². The van der Waals surface area contributed by atoms with Crippen molar-refractivity contribution in [3.05, 3.63) is 11.6 Å². The standard InChI is InChI=1S/C11H20N2O/c1-9(8-12)13-11(14)7-10-5-3-2-4-6-10/h7,9H,2-6,8,12H2,1H3,(H,13,14)/t9-/m0/s1. The molecule has 1 amide bonds. The fourth-order valence-electron chi connectivity index (χ4n) is 1.68. The lowest BCUT2D eigenvalue weighted by molar-refractivity contribution is -0.117. The second-order valence-corrected chi connectivity index (χ2v) is 4.01. The van der Waals surface area contributed by atoms with Crippen LogP contribution in [0.3, 0.4) is 0 Å². The normalized spacial score (nSPS) is 18.9. The molecule has 3 nitrogen and oxygen atoms in total. The summed E-state index contributed by atoms with van der Waals surface area (Å²) in [5.41, 5.74) is 6.71. The van der Waals surface area contributed by atoms with Gasteiger partial charge in [-0.2, -0.15) is 0 Å². The van der Waals surface area contributed by atoms with Crippen LogP contribution in [-0.4, -0.2) is 18.5 Å². The van der Waals surface area contributed by atoms with Crippen molar-refractivity contribution in [2.75, 3.05) is 6.54 Å². The predicted molar refractivity (Wildman–Crippen MR) is 57.8 cm³/mol. The van der Waals surface area contributed by atoms with E-state index in [2.05, 4.69) is 5.32 Å². The summed E-state index contributed by atoms with van der Waals surface area (Å²) in [6.07, 6.45) is 7.69. The lowest BCUT2D eigenvalue weighted by atomic mass is 9.94. The van der Waals surface area contributed by atoms with Crippen LogP contribution in [0.2, 0.25) is 0 Å². The monoisotopic (exact) mass is 196 g/mol. The third-order valence-corrected chi connectivity index (χ3v) is 2.57. The Morgan fingerprint density at radius 2 is 2.14 bits per heavy atom. The van der Waals surface area contributed by atoms with Gasteiger partial charge in [0.2, 0.25) is 5.91 Å². The van der Waals surface area contributed by atoms with Gasteiger partial charge in [-0.15, -0.1) is 0 Å². The Balaban J connectivity index is 2.37. The van der Waals surface area contributed by atoms with Crippen LogP contribution in [-0.2, 0) is 4.79 Å². The lowest BCUT2D eigenvalue weighted by Crippen LogP contribution is -2.37. The predicted octanol–water partition coefficient (Wildman–Crippen LogP) is 1.34. The molecule has 0 radical (unpaired) electrons. The van der Waals surface area contributed by atoms with Gasteiger partial charge in [-0.25, -0.2) is 0 Å². The molecule has 1 rings (SSSR count). The number of rotatable bonds is 3. The Morgan fingerprint density at radius 3 is 2.71 bits per heavy atom. The molecule has 1 saturated carbocycles. The molecule has 1 aliphatic rings. The molecular formula is C11H20N2O. The van der Waals surface area contributed by atoms with Crippen LogP contribution in [0.5, 0.6) is 0 Å². The summed E-state index contributed by atoms with van der Waals surface area (Å²) in [6.45, 7) is 2.41. The maximum atomic E-state index is 11.4. The maximum absolute atomic E-state index is 11.4. The number of hydrogen-bond donors (Lipinski definition) is 2. The molecular weight excluding hydrogens is 176 g/mol. The Kier molecular flexibility index (Phi) is 4.66. The molecule has 80 valence electrons. The summed E-state index contributed by atoms with van der Waals surface area (Å²) >= 11 is 0. The summed E-state index contributed by atoms with van der Waals surface area (Å²) < 4.78 is 0. The Bertz CT molecular complexity index is 215. The number of nitrogens with one attached hydrogen (secondary N) is 1. The third kappa shape index (κ3) is 3.92. The van der Waals surface area contributed by atoms with E-state index < -0.39 is 0 Å². The van der Waals surface area contributed by atoms with E-state index in [9.17, 15) is 4.79 Å². The highest BCUT2D eigenvalue weighted by atomic mass is 16.1. The van der Waals surface area contributed by atoms with Crippen molar-refractivity contribution in [1.82, 2.24) is 5.32 Å². The second-order valence-electron chi connectivity index (χ2n) is 4.01. The van der Waals surface area contributed by atoms with Gasteiger partial charge in [0.1, 0.15) is 0 Å². The van der Waals surface area contributed by atoms with E-state index in [1.54, 1.807) is 6.08 Å². The van der Waals surface area contributed by atoms with Crippen LogP contribution in [0.4, 0.5) is 0 Å².